The standard InChI is InChI=1S/C18H24N4O3/c1-9-10(2)15(17(24)20-11(9)3)18(25)21-16(12-5-14(23)6-12)13-7-19-22(4)8-13/h7-8,12,14,16,23H,5-6H2,1-4H3,(H,20,24)(H,21,25). The van der Waals surface area contributed by atoms with Crippen LogP contribution in [0.2, 0.25) is 0 Å². The lowest BCUT2D eigenvalue weighted by atomic mass is 9.75. The summed E-state index contributed by atoms with van der Waals surface area (Å²) in [6.45, 7) is 5.50. The van der Waals surface area contributed by atoms with Crippen molar-refractivity contribution >= 4 is 5.91 Å². The van der Waals surface area contributed by atoms with Gasteiger partial charge in [-0.15, -0.1) is 0 Å². The van der Waals surface area contributed by atoms with Gasteiger partial charge in [-0.2, -0.15) is 5.10 Å². The van der Waals surface area contributed by atoms with Crippen molar-refractivity contribution in [2.75, 3.05) is 0 Å². The van der Waals surface area contributed by atoms with E-state index in [1.807, 2.05) is 27.1 Å². The van der Waals surface area contributed by atoms with Gasteiger partial charge in [0.25, 0.3) is 11.5 Å². The van der Waals surface area contributed by atoms with Crippen LogP contribution in [0.15, 0.2) is 17.2 Å². The Labute approximate surface area is 146 Å². The van der Waals surface area contributed by atoms with Gasteiger partial charge < -0.3 is 15.4 Å². The lowest BCUT2D eigenvalue weighted by molar-refractivity contribution is 0.0235. The fourth-order valence-corrected chi connectivity index (χ4v) is 3.43. The number of amides is 1. The summed E-state index contributed by atoms with van der Waals surface area (Å²) in [5, 5.41) is 16.8. The fourth-order valence-electron chi connectivity index (χ4n) is 3.43. The molecule has 1 aliphatic carbocycles. The van der Waals surface area contributed by atoms with Gasteiger partial charge in [0.2, 0.25) is 0 Å². The molecule has 7 heteroatoms. The summed E-state index contributed by atoms with van der Waals surface area (Å²) in [5.41, 5.74) is 3.02. The molecule has 1 atom stereocenters. The first-order valence-electron chi connectivity index (χ1n) is 8.45. The molecule has 0 aliphatic heterocycles. The normalized spacial score (nSPS) is 20.8. The zero-order valence-electron chi connectivity index (χ0n) is 15.0. The van der Waals surface area contributed by atoms with Gasteiger partial charge in [0.1, 0.15) is 5.56 Å². The molecule has 1 unspecified atom stereocenters. The highest BCUT2D eigenvalue weighted by molar-refractivity contribution is 5.95. The molecule has 1 aliphatic rings. The van der Waals surface area contributed by atoms with Crippen LogP contribution in [0.1, 0.15) is 51.6 Å². The van der Waals surface area contributed by atoms with Gasteiger partial charge in [-0.25, -0.2) is 0 Å². The SMILES string of the molecule is Cc1[nH]c(=O)c(C(=O)NC(c2cnn(C)c2)C2CC(O)C2)c(C)c1C. The van der Waals surface area contributed by atoms with Crippen molar-refractivity contribution in [3.05, 3.63) is 50.7 Å². The summed E-state index contributed by atoms with van der Waals surface area (Å²) in [7, 11) is 1.82. The number of aliphatic hydroxyl groups is 1. The van der Waals surface area contributed by atoms with Crippen LogP contribution >= 0.6 is 0 Å². The highest BCUT2D eigenvalue weighted by Gasteiger charge is 2.36. The molecule has 7 nitrogen and oxygen atoms in total. The van der Waals surface area contributed by atoms with E-state index in [0.717, 1.165) is 16.8 Å². The minimum absolute atomic E-state index is 0.133. The summed E-state index contributed by atoms with van der Waals surface area (Å²) >= 11 is 0. The van der Waals surface area contributed by atoms with E-state index in [2.05, 4.69) is 15.4 Å². The van der Waals surface area contributed by atoms with Gasteiger partial charge in [0.05, 0.1) is 18.3 Å². The smallest absolute Gasteiger partial charge is 0.261 e. The zero-order valence-corrected chi connectivity index (χ0v) is 15.0. The molecule has 0 aromatic carbocycles. The molecular formula is C18H24N4O3. The van der Waals surface area contributed by atoms with Crippen molar-refractivity contribution in [1.82, 2.24) is 20.1 Å². The number of aromatic amines is 1. The summed E-state index contributed by atoms with van der Waals surface area (Å²) in [5.74, 6) is -0.258. The molecule has 2 heterocycles. The van der Waals surface area contributed by atoms with Crippen molar-refractivity contribution in [2.45, 2.75) is 45.8 Å². The van der Waals surface area contributed by atoms with Crippen LogP contribution in [0, 0.1) is 26.7 Å². The Hall–Kier alpha value is -2.41. The summed E-state index contributed by atoms with van der Waals surface area (Å²) < 4.78 is 1.68. The number of aliphatic hydroxyl groups excluding tert-OH is 1. The van der Waals surface area contributed by atoms with Gasteiger partial charge in [-0.05, 0) is 50.7 Å². The van der Waals surface area contributed by atoms with E-state index in [1.54, 1.807) is 17.8 Å². The number of aromatic nitrogens is 3. The molecule has 2 aromatic heterocycles. The van der Waals surface area contributed by atoms with E-state index >= 15 is 0 Å². The van der Waals surface area contributed by atoms with E-state index in [0.29, 0.717) is 18.4 Å². The maximum absolute atomic E-state index is 12.8. The lowest BCUT2D eigenvalue weighted by Gasteiger charge is -2.37. The van der Waals surface area contributed by atoms with E-state index in [4.69, 9.17) is 0 Å². The van der Waals surface area contributed by atoms with Crippen LogP contribution in [0.25, 0.3) is 0 Å². The predicted octanol–water partition coefficient (Wildman–Crippen LogP) is 1.28. The molecule has 0 bridgehead atoms. The van der Waals surface area contributed by atoms with Crippen molar-refractivity contribution in [3.63, 3.8) is 0 Å². The van der Waals surface area contributed by atoms with Crippen LogP contribution < -0.4 is 10.9 Å². The minimum atomic E-state index is -0.392. The third-order valence-corrected chi connectivity index (χ3v) is 5.25. The first-order chi connectivity index (χ1) is 11.8. The Kier molecular flexibility index (Phi) is 4.51. The number of H-pyrrole nitrogens is 1. The summed E-state index contributed by atoms with van der Waals surface area (Å²) in [6.07, 6.45) is 4.50. The third-order valence-electron chi connectivity index (χ3n) is 5.25. The second-order valence-corrected chi connectivity index (χ2v) is 6.99. The number of nitrogens with one attached hydrogen (secondary N) is 2. The quantitative estimate of drug-likeness (QED) is 0.778. The molecule has 3 rings (SSSR count). The number of rotatable bonds is 4. The molecular weight excluding hydrogens is 320 g/mol. The highest BCUT2D eigenvalue weighted by atomic mass is 16.3. The molecule has 3 N–H and O–H groups in total. The van der Waals surface area contributed by atoms with Crippen LogP contribution in [0.5, 0.6) is 0 Å². The van der Waals surface area contributed by atoms with Gasteiger partial charge in [-0.3, -0.25) is 14.3 Å². The largest absolute Gasteiger partial charge is 0.393 e. The average molecular weight is 344 g/mol. The maximum Gasteiger partial charge on any atom is 0.261 e. The number of hydrogen-bond donors (Lipinski definition) is 3. The Morgan fingerprint density at radius 2 is 2.04 bits per heavy atom. The van der Waals surface area contributed by atoms with Gasteiger partial charge in [-0.1, -0.05) is 0 Å². The molecule has 0 spiro atoms. The molecule has 2 aromatic rings. The fraction of sp³-hybridized carbons (Fsp3) is 0.500. The van der Waals surface area contributed by atoms with E-state index in [1.165, 1.54) is 0 Å². The number of carbonyl (C=O) groups is 1. The van der Waals surface area contributed by atoms with Crippen molar-refractivity contribution < 1.29 is 9.90 Å². The molecule has 0 saturated heterocycles. The second kappa shape index (κ2) is 6.48. The van der Waals surface area contributed by atoms with Crippen LogP contribution in [0.4, 0.5) is 0 Å². The van der Waals surface area contributed by atoms with E-state index < -0.39 is 5.91 Å². The van der Waals surface area contributed by atoms with E-state index in [9.17, 15) is 14.7 Å². The first kappa shape index (κ1) is 17.4. The summed E-state index contributed by atoms with van der Waals surface area (Å²) in [6, 6.07) is -0.273. The molecule has 0 radical (unpaired) electrons. The van der Waals surface area contributed by atoms with E-state index in [-0.39, 0.29) is 29.2 Å². The molecule has 1 fully saturated rings. The number of pyridine rings is 1. The maximum atomic E-state index is 12.8. The molecule has 134 valence electrons. The Balaban J connectivity index is 1.91. The Morgan fingerprint density at radius 1 is 1.36 bits per heavy atom. The Morgan fingerprint density at radius 3 is 2.60 bits per heavy atom. The summed E-state index contributed by atoms with van der Waals surface area (Å²) in [4.78, 5) is 27.9. The molecule has 25 heavy (non-hydrogen) atoms. The predicted molar refractivity (Wildman–Crippen MR) is 93.4 cm³/mol. The highest BCUT2D eigenvalue weighted by Crippen LogP contribution is 2.38. The molecule has 1 amide bonds. The van der Waals surface area contributed by atoms with Crippen LogP contribution in [-0.4, -0.2) is 31.9 Å². The topological polar surface area (TPSA) is 100 Å². The second-order valence-electron chi connectivity index (χ2n) is 6.99. The van der Waals surface area contributed by atoms with Crippen molar-refractivity contribution in [3.8, 4) is 0 Å². The average Bonchev–Trinajstić information content (AvgIpc) is 2.94. The van der Waals surface area contributed by atoms with Gasteiger partial charge >= 0.3 is 0 Å². The first-order valence-corrected chi connectivity index (χ1v) is 8.45. The number of carbonyl (C=O) groups excluding carboxylic acids is 1. The van der Waals surface area contributed by atoms with Crippen molar-refractivity contribution in [2.24, 2.45) is 13.0 Å². The lowest BCUT2D eigenvalue weighted by Crippen LogP contribution is -2.42. The minimum Gasteiger partial charge on any atom is -0.393 e. The van der Waals surface area contributed by atoms with Crippen LogP contribution in [-0.2, 0) is 7.05 Å². The van der Waals surface area contributed by atoms with Crippen LogP contribution in [0.3, 0.4) is 0 Å². The van der Waals surface area contributed by atoms with Crippen molar-refractivity contribution in [1.29, 1.82) is 0 Å². The van der Waals surface area contributed by atoms with Gasteiger partial charge in [0, 0.05) is 24.5 Å². The number of aryl methyl sites for hydroxylation is 2. The number of hydrogen-bond acceptors (Lipinski definition) is 4. The van der Waals surface area contributed by atoms with Gasteiger partial charge in [0.15, 0.2) is 0 Å². The monoisotopic (exact) mass is 344 g/mol. The Bertz CT molecular complexity index is 862. The number of nitrogens with zero attached hydrogens (tertiary/aromatic N) is 2. The molecule has 1 saturated carbocycles. The third kappa shape index (κ3) is 3.24. The zero-order chi connectivity index (χ0) is 18.3.